The highest BCUT2D eigenvalue weighted by Crippen LogP contribution is 1.87. The Balaban J connectivity index is 0. The maximum absolute atomic E-state index is 5.47. The summed E-state index contributed by atoms with van der Waals surface area (Å²) in [6, 6.07) is 0. The van der Waals surface area contributed by atoms with Gasteiger partial charge in [-0.1, -0.05) is 4.32 Å². The molecule has 0 radical (unpaired) electrons. The smallest absolute Gasteiger partial charge is 0.0933 e. The van der Waals surface area contributed by atoms with Crippen molar-refractivity contribution >= 4 is 29.2 Å². The molecule has 8 nitrogen and oxygen atoms in total. The predicted molar refractivity (Wildman–Crippen MR) is 105 cm³/mol. The maximum atomic E-state index is 5.47. The van der Waals surface area contributed by atoms with E-state index in [1.807, 2.05) is 4.90 Å². The van der Waals surface area contributed by atoms with Gasteiger partial charge in [0.1, 0.15) is 0 Å². The van der Waals surface area contributed by atoms with Gasteiger partial charge in [-0.15, -0.1) is 0 Å². The van der Waals surface area contributed by atoms with Crippen molar-refractivity contribution in [2.75, 3.05) is 78.5 Å². The largest absolute Gasteiger partial charge is 0.411 e. The summed E-state index contributed by atoms with van der Waals surface area (Å²) in [5.74, 6) is 0. The maximum Gasteiger partial charge on any atom is 0.0933 e. The lowest BCUT2D eigenvalue weighted by Gasteiger charge is -2.26. The van der Waals surface area contributed by atoms with Crippen LogP contribution in [0.2, 0.25) is 0 Å². The molecule has 0 aliphatic carbocycles. The molecule has 0 saturated carbocycles. The van der Waals surface area contributed by atoms with Crippen LogP contribution in [0, 0.1) is 0 Å². The van der Waals surface area contributed by atoms with Gasteiger partial charge in [-0.05, 0) is 0 Å². The number of nitrogens with one attached hydrogen (secondary N) is 2. The summed E-state index contributed by atoms with van der Waals surface area (Å²) in [5, 5.41) is 8.51. The van der Waals surface area contributed by atoms with Gasteiger partial charge in [-0.3, -0.25) is 0 Å². The molecule has 0 aromatic heterocycles. The molecule has 0 fully saturated rings. The van der Waals surface area contributed by atoms with Gasteiger partial charge in [-0.25, -0.2) is 0 Å². The molecule has 0 aromatic carbocycles. The zero-order valence-electron chi connectivity index (χ0n) is 14.1. The SMILES string of the molecule is NCCNCCN.NCCNCC[NH2+]CCN(CCN)C(=S)[S-]. The number of nitrogens with two attached hydrogens (primary N) is 5. The van der Waals surface area contributed by atoms with Gasteiger partial charge >= 0.3 is 0 Å². The molecule has 0 unspecified atom stereocenters. The summed E-state index contributed by atoms with van der Waals surface area (Å²) in [5.41, 5.74) is 21.2. The number of hydrogen-bond acceptors (Lipinski definition) is 8. The monoisotopic (exact) mass is 368 g/mol. The van der Waals surface area contributed by atoms with Crippen LogP contribution in [0.3, 0.4) is 0 Å². The van der Waals surface area contributed by atoms with E-state index >= 15 is 0 Å². The normalized spacial score (nSPS) is 10.1. The fraction of sp³-hybridized carbons (Fsp3) is 0.923. The molecule has 0 atom stereocenters. The van der Waals surface area contributed by atoms with E-state index in [0.29, 0.717) is 30.5 Å². The Labute approximate surface area is 151 Å². The zero-order valence-corrected chi connectivity index (χ0v) is 15.8. The summed E-state index contributed by atoms with van der Waals surface area (Å²) >= 11 is 9.93. The van der Waals surface area contributed by atoms with Crippen molar-refractivity contribution in [3.8, 4) is 0 Å². The van der Waals surface area contributed by atoms with Gasteiger partial charge in [-0.2, -0.15) is 0 Å². The number of thiocarbonyl (C=S) groups is 1. The van der Waals surface area contributed by atoms with Crippen molar-refractivity contribution in [3.63, 3.8) is 0 Å². The van der Waals surface area contributed by atoms with Crippen LogP contribution in [0.1, 0.15) is 0 Å². The molecular formula is C13H36N8S2. The average Bonchev–Trinajstić information content (AvgIpc) is 2.54. The highest BCUT2D eigenvalue weighted by atomic mass is 32.1. The quantitative estimate of drug-likeness (QED) is 0.0918. The van der Waals surface area contributed by atoms with Crippen molar-refractivity contribution in [1.29, 1.82) is 0 Å². The van der Waals surface area contributed by atoms with Gasteiger partial charge in [0.15, 0.2) is 0 Å². The lowest BCUT2D eigenvalue weighted by molar-refractivity contribution is -0.652. The van der Waals surface area contributed by atoms with Crippen LogP contribution in [-0.2, 0) is 12.6 Å². The Hall–Kier alpha value is -0.170. The van der Waals surface area contributed by atoms with Crippen LogP contribution < -0.4 is 38.9 Å². The van der Waals surface area contributed by atoms with Gasteiger partial charge in [0.25, 0.3) is 0 Å². The molecular weight excluding hydrogens is 332 g/mol. The molecule has 0 aliphatic heterocycles. The number of quaternary nitrogens is 1. The van der Waals surface area contributed by atoms with Crippen LogP contribution in [0.15, 0.2) is 0 Å². The van der Waals surface area contributed by atoms with Crippen LogP contribution in [0.4, 0.5) is 0 Å². The number of hydrogen-bond donors (Lipinski definition) is 7. The topological polar surface area (TPSA) is 148 Å². The van der Waals surface area contributed by atoms with Crippen LogP contribution >= 0.6 is 12.2 Å². The Bertz CT molecular complexity index is 242. The molecule has 23 heavy (non-hydrogen) atoms. The zero-order chi connectivity index (χ0) is 17.8. The summed E-state index contributed by atoms with van der Waals surface area (Å²) in [6.45, 7) is 9.92. The van der Waals surface area contributed by atoms with E-state index in [9.17, 15) is 0 Å². The Kier molecular flexibility index (Phi) is 23.8. The minimum Gasteiger partial charge on any atom is -0.411 e. The van der Waals surface area contributed by atoms with Gasteiger partial charge < -0.3 is 68.6 Å². The van der Waals surface area contributed by atoms with Crippen molar-refractivity contribution in [3.05, 3.63) is 0 Å². The molecule has 0 amide bonds. The third-order valence-corrected chi connectivity index (χ3v) is 3.27. The third-order valence-electron chi connectivity index (χ3n) is 2.75. The van der Waals surface area contributed by atoms with Crippen LogP contribution in [0.5, 0.6) is 0 Å². The van der Waals surface area contributed by atoms with E-state index in [1.165, 1.54) is 0 Å². The number of rotatable bonds is 14. The lowest BCUT2D eigenvalue weighted by Crippen LogP contribution is -2.87. The molecule has 0 aromatic rings. The molecule has 0 saturated heterocycles. The second-order valence-electron chi connectivity index (χ2n) is 4.77. The fourth-order valence-corrected chi connectivity index (χ4v) is 1.97. The molecule has 0 rings (SSSR count). The Morgan fingerprint density at radius 1 is 0.826 bits per heavy atom. The Morgan fingerprint density at radius 3 is 1.78 bits per heavy atom. The highest BCUT2D eigenvalue weighted by molar-refractivity contribution is 8.00. The first-order valence-corrected chi connectivity index (χ1v) is 8.94. The van der Waals surface area contributed by atoms with E-state index < -0.39 is 0 Å². The van der Waals surface area contributed by atoms with Crippen molar-refractivity contribution in [1.82, 2.24) is 15.5 Å². The van der Waals surface area contributed by atoms with Crippen molar-refractivity contribution in [2.24, 2.45) is 22.9 Å². The summed E-state index contributed by atoms with van der Waals surface area (Å²) < 4.78 is 0.514. The molecule has 0 spiro atoms. The summed E-state index contributed by atoms with van der Waals surface area (Å²) in [7, 11) is 0. The van der Waals surface area contributed by atoms with Crippen molar-refractivity contribution in [2.45, 2.75) is 0 Å². The first kappa shape index (κ1) is 25.1. The summed E-state index contributed by atoms with van der Waals surface area (Å²) in [4.78, 5) is 1.97. The van der Waals surface area contributed by atoms with E-state index in [-0.39, 0.29) is 0 Å². The molecule has 0 aliphatic rings. The first-order chi connectivity index (χ1) is 11.1. The lowest BCUT2D eigenvalue weighted by atomic mass is 10.5. The molecule has 0 heterocycles. The molecule has 140 valence electrons. The van der Waals surface area contributed by atoms with E-state index in [1.54, 1.807) is 0 Å². The highest BCUT2D eigenvalue weighted by Gasteiger charge is 2.00. The summed E-state index contributed by atoms with van der Waals surface area (Å²) in [6.07, 6.45) is 0. The number of nitrogens with zero attached hydrogens (tertiary/aromatic N) is 1. The van der Waals surface area contributed by atoms with Crippen molar-refractivity contribution < 1.29 is 5.32 Å². The van der Waals surface area contributed by atoms with Crippen LogP contribution in [0.25, 0.3) is 0 Å². The fourth-order valence-electron chi connectivity index (χ4n) is 1.60. The van der Waals surface area contributed by atoms with Gasteiger partial charge in [0.2, 0.25) is 0 Å². The second-order valence-corrected chi connectivity index (χ2v) is 5.81. The van der Waals surface area contributed by atoms with E-state index in [4.69, 9.17) is 47.8 Å². The predicted octanol–water partition coefficient (Wildman–Crippen LogP) is -4.32. The molecule has 12 N–H and O–H groups in total. The van der Waals surface area contributed by atoms with Gasteiger partial charge in [0.05, 0.1) is 19.6 Å². The first-order valence-electron chi connectivity index (χ1n) is 8.13. The minimum absolute atomic E-state index is 0.514. The van der Waals surface area contributed by atoms with E-state index in [2.05, 4.69) is 16.0 Å². The standard InChI is InChI=1S/C9H23N5S2.C4H13N3/c10-1-3-12-4-5-13-6-8-14(7-2-11)9(15)16;5-1-3-7-4-2-6/h12-13H,1-8,10-11H2,(H,15,16);7H,1-6H2. The Morgan fingerprint density at radius 2 is 1.35 bits per heavy atom. The minimum atomic E-state index is 0.514. The third kappa shape index (κ3) is 21.8. The van der Waals surface area contributed by atoms with E-state index in [0.717, 1.165) is 52.4 Å². The van der Waals surface area contributed by atoms with Crippen LogP contribution in [-0.4, -0.2) is 87.8 Å². The van der Waals surface area contributed by atoms with Gasteiger partial charge in [0, 0.05) is 58.9 Å². The molecule has 10 heteroatoms. The average molecular weight is 369 g/mol. The second kappa shape index (κ2) is 21.8. The molecule has 0 bridgehead atoms.